The van der Waals surface area contributed by atoms with Gasteiger partial charge >= 0.3 is 12.1 Å². The Kier molecular flexibility index (Phi) is 7.94. The molecule has 2 aliphatic rings. The first-order chi connectivity index (χ1) is 15.6. The van der Waals surface area contributed by atoms with Gasteiger partial charge in [-0.2, -0.15) is 18.4 Å². The number of hydrogen-bond acceptors (Lipinski definition) is 7. The van der Waals surface area contributed by atoms with E-state index >= 15 is 0 Å². The molecule has 0 radical (unpaired) electrons. The van der Waals surface area contributed by atoms with Crippen molar-refractivity contribution in [2.75, 3.05) is 37.7 Å². The number of nitrogens with zero attached hydrogens (tertiary/aromatic N) is 4. The third-order valence-electron chi connectivity index (χ3n) is 5.86. The monoisotopic (exact) mass is 482 g/mol. The van der Waals surface area contributed by atoms with Gasteiger partial charge in [-0.15, -0.1) is 11.3 Å². The highest BCUT2D eigenvalue weighted by molar-refractivity contribution is 7.09. The number of aryl methyl sites for hydroxylation is 1. The van der Waals surface area contributed by atoms with Crippen LogP contribution in [0.4, 0.5) is 18.9 Å². The Bertz CT molecular complexity index is 980. The lowest BCUT2D eigenvalue weighted by atomic mass is 9.85. The minimum Gasteiger partial charge on any atom is -0.475 e. The molecular weight excluding hydrogens is 457 g/mol. The first-order valence-corrected chi connectivity index (χ1v) is 11.3. The molecule has 3 heterocycles. The van der Waals surface area contributed by atoms with Gasteiger partial charge in [0, 0.05) is 42.8 Å². The highest BCUT2D eigenvalue weighted by Crippen LogP contribution is 2.34. The van der Waals surface area contributed by atoms with Crippen molar-refractivity contribution in [3.05, 3.63) is 45.9 Å². The number of piperidine rings is 1. The van der Waals surface area contributed by atoms with Crippen LogP contribution in [-0.2, 0) is 16.1 Å². The second-order valence-corrected chi connectivity index (χ2v) is 9.07. The standard InChI is InChI=1S/C20H24N4OS.C2HF3O2/c1-16-22-18(14-26-16)13-24-10-11-25-15-20(24)6-8-23(9-7-20)19-4-2-17(12-21)3-5-19;3-2(4,5)1(6)7/h2-5,14H,6-11,13,15H2,1H3;(H,6,7). The number of aromatic nitrogens is 1. The first-order valence-electron chi connectivity index (χ1n) is 10.4. The molecule has 2 saturated heterocycles. The molecule has 4 rings (SSSR count). The van der Waals surface area contributed by atoms with Gasteiger partial charge in [-0.25, -0.2) is 9.78 Å². The van der Waals surface area contributed by atoms with Crippen molar-refractivity contribution < 1.29 is 27.8 Å². The molecule has 2 aliphatic heterocycles. The van der Waals surface area contributed by atoms with Crippen molar-refractivity contribution in [2.45, 2.75) is 38.0 Å². The number of hydrogen-bond donors (Lipinski definition) is 1. The van der Waals surface area contributed by atoms with Crippen LogP contribution in [0.25, 0.3) is 0 Å². The van der Waals surface area contributed by atoms with Crippen molar-refractivity contribution in [2.24, 2.45) is 0 Å². The summed E-state index contributed by atoms with van der Waals surface area (Å²) in [5.74, 6) is -2.76. The number of anilines is 1. The fourth-order valence-corrected chi connectivity index (χ4v) is 4.68. The second-order valence-electron chi connectivity index (χ2n) is 8.00. The number of halogens is 3. The molecule has 0 atom stereocenters. The maximum absolute atomic E-state index is 10.6. The predicted molar refractivity (Wildman–Crippen MR) is 117 cm³/mol. The number of carbonyl (C=O) groups is 1. The Hall–Kier alpha value is -2.68. The molecule has 1 aromatic heterocycles. The molecule has 2 aromatic rings. The average Bonchev–Trinajstić information content (AvgIpc) is 3.20. The topological polar surface area (TPSA) is 89.7 Å². The number of carboxylic acids is 1. The Morgan fingerprint density at radius 2 is 1.91 bits per heavy atom. The van der Waals surface area contributed by atoms with Crippen LogP contribution in [0.15, 0.2) is 29.6 Å². The van der Waals surface area contributed by atoms with Crippen LogP contribution in [0.3, 0.4) is 0 Å². The zero-order valence-corrected chi connectivity index (χ0v) is 19.0. The number of morpholine rings is 1. The summed E-state index contributed by atoms with van der Waals surface area (Å²) in [6.45, 7) is 7.63. The summed E-state index contributed by atoms with van der Waals surface area (Å²) in [4.78, 5) is 18.6. The summed E-state index contributed by atoms with van der Waals surface area (Å²) in [6.07, 6.45) is -2.90. The van der Waals surface area contributed by atoms with E-state index in [4.69, 9.17) is 19.9 Å². The van der Waals surface area contributed by atoms with E-state index in [2.05, 4.69) is 45.3 Å². The van der Waals surface area contributed by atoms with Crippen molar-refractivity contribution in [1.29, 1.82) is 5.26 Å². The van der Waals surface area contributed by atoms with E-state index in [-0.39, 0.29) is 5.54 Å². The van der Waals surface area contributed by atoms with E-state index in [1.165, 1.54) is 11.4 Å². The van der Waals surface area contributed by atoms with Crippen LogP contribution in [0.5, 0.6) is 0 Å². The highest BCUT2D eigenvalue weighted by Gasteiger charge is 2.42. The maximum atomic E-state index is 10.6. The van der Waals surface area contributed by atoms with Crippen molar-refractivity contribution in [3.8, 4) is 6.07 Å². The molecule has 11 heteroatoms. The smallest absolute Gasteiger partial charge is 0.475 e. The summed E-state index contributed by atoms with van der Waals surface area (Å²) >= 11 is 1.73. The number of alkyl halides is 3. The first kappa shape index (κ1) is 25.0. The quantitative estimate of drug-likeness (QED) is 0.711. The van der Waals surface area contributed by atoms with Gasteiger partial charge in [0.1, 0.15) is 0 Å². The van der Waals surface area contributed by atoms with Crippen molar-refractivity contribution in [1.82, 2.24) is 9.88 Å². The zero-order valence-electron chi connectivity index (χ0n) is 18.1. The molecule has 0 amide bonds. The molecule has 0 saturated carbocycles. The number of nitriles is 1. The molecule has 0 bridgehead atoms. The number of carboxylic acid groups (broad SMARTS) is 1. The zero-order chi connectivity index (χ0) is 24.1. The van der Waals surface area contributed by atoms with E-state index in [0.29, 0.717) is 5.56 Å². The Morgan fingerprint density at radius 3 is 2.42 bits per heavy atom. The van der Waals surface area contributed by atoms with Crippen LogP contribution in [0, 0.1) is 18.3 Å². The van der Waals surface area contributed by atoms with Gasteiger partial charge in [-0.3, -0.25) is 4.90 Å². The van der Waals surface area contributed by atoms with E-state index in [1.807, 2.05) is 12.1 Å². The molecule has 1 N–H and O–H groups in total. The molecule has 178 valence electrons. The fraction of sp³-hybridized carbons (Fsp3) is 0.500. The number of ether oxygens (including phenoxy) is 1. The van der Waals surface area contributed by atoms with Gasteiger partial charge in [-0.05, 0) is 44.0 Å². The summed E-state index contributed by atoms with van der Waals surface area (Å²) in [5, 5.41) is 19.4. The molecule has 1 aromatic carbocycles. The van der Waals surface area contributed by atoms with Gasteiger partial charge in [0.25, 0.3) is 0 Å². The summed E-state index contributed by atoms with van der Waals surface area (Å²) in [7, 11) is 0. The van der Waals surface area contributed by atoms with Crippen molar-refractivity contribution >= 4 is 23.0 Å². The number of rotatable bonds is 3. The summed E-state index contributed by atoms with van der Waals surface area (Å²) < 4.78 is 37.6. The number of benzene rings is 1. The Morgan fingerprint density at radius 1 is 1.27 bits per heavy atom. The van der Waals surface area contributed by atoms with Crippen LogP contribution in [-0.4, -0.2) is 65.5 Å². The third-order valence-corrected chi connectivity index (χ3v) is 6.69. The van der Waals surface area contributed by atoms with Gasteiger partial charge in [0.15, 0.2) is 0 Å². The minimum atomic E-state index is -5.08. The SMILES string of the molecule is Cc1nc(CN2CCOCC23CCN(c2ccc(C#N)cc2)CC3)cs1.O=C(O)C(F)(F)F. The average molecular weight is 483 g/mol. The molecule has 7 nitrogen and oxygen atoms in total. The maximum Gasteiger partial charge on any atom is 0.490 e. The largest absolute Gasteiger partial charge is 0.490 e. The predicted octanol–water partition coefficient (Wildman–Crippen LogP) is 3.83. The van der Waals surface area contributed by atoms with Crippen LogP contribution >= 0.6 is 11.3 Å². The molecule has 0 aliphatic carbocycles. The number of aliphatic carboxylic acids is 1. The van der Waals surface area contributed by atoms with Crippen LogP contribution in [0.2, 0.25) is 0 Å². The number of thiazole rings is 1. The second kappa shape index (κ2) is 10.5. The van der Waals surface area contributed by atoms with E-state index in [1.54, 1.807) is 11.3 Å². The minimum absolute atomic E-state index is 0.124. The van der Waals surface area contributed by atoms with Crippen LogP contribution in [0.1, 0.15) is 29.1 Å². The Balaban J connectivity index is 0.000000383. The van der Waals surface area contributed by atoms with Crippen molar-refractivity contribution in [3.63, 3.8) is 0 Å². The fourth-order valence-electron chi connectivity index (χ4n) is 4.08. The normalized spacial score (nSPS) is 18.3. The van der Waals surface area contributed by atoms with E-state index in [9.17, 15) is 13.2 Å². The third kappa shape index (κ3) is 6.43. The molecule has 1 spiro atoms. The van der Waals surface area contributed by atoms with Gasteiger partial charge in [-0.1, -0.05) is 0 Å². The molecule has 2 fully saturated rings. The molecular formula is C22H25F3N4O3S. The lowest BCUT2D eigenvalue weighted by Crippen LogP contribution is -2.61. The van der Waals surface area contributed by atoms with Gasteiger partial charge < -0.3 is 14.7 Å². The lowest BCUT2D eigenvalue weighted by Gasteiger charge is -2.51. The van der Waals surface area contributed by atoms with Gasteiger partial charge in [0.05, 0.1) is 35.5 Å². The lowest BCUT2D eigenvalue weighted by molar-refractivity contribution is -0.192. The molecule has 0 unspecified atom stereocenters. The Labute approximate surface area is 194 Å². The highest BCUT2D eigenvalue weighted by atomic mass is 32.1. The van der Waals surface area contributed by atoms with E-state index < -0.39 is 12.1 Å². The van der Waals surface area contributed by atoms with Gasteiger partial charge in [0.2, 0.25) is 0 Å². The summed E-state index contributed by atoms with van der Waals surface area (Å²) in [6, 6.07) is 10.1. The summed E-state index contributed by atoms with van der Waals surface area (Å²) in [5.41, 5.74) is 3.23. The molecule has 33 heavy (non-hydrogen) atoms. The van der Waals surface area contributed by atoms with Crippen LogP contribution < -0.4 is 4.90 Å². The van der Waals surface area contributed by atoms with E-state index in [0.717, 1.165) is 57.2 Å².